The van der Waals surface area contributed by atoms with E-state index < -0.39 is 10.0 Å². The van der Waals surface area contributed by atoms with Gasteiger partial charge in [-0.05, 0) is 106 Å². The number of rotatable bonds is 5. The highest BCUT2D eigenvalue weighted by molar-refractivity contribution is 7.89. The molecule has 4 saturated carbocycles. The van der Waals surface area contributed by atoms with Crippen molar-refractivity contribution in [2.24, 2.45) is 23.2 Å². The van der Waals surface area contributed by atoms with Gasteiger partial charge in [0.2, 0.25) is 10.0 Å². The standard InChI is InChI=1S/C24H34N2O3S/c1-17(24-14-18-11-19(15-24)13-20(12-18)16-24)25-23(27)21-5-7-22(8-6-21)30(28,29)26-9-3-2-4-10-26/h5-8,17-20H,2-4,9-16H2,1H3,(H,25,27). The molecule has 1 saturated heterocycles. The van der Waals surface area contributed by atoms with E-state index in [9.17, 15) is 13.2 Å². The Morgan fingerprint density at radius 1 is 0.967 bits per heavy atom. The lowest BCUT2D eigenvalue weighted by Crippen LogP contribution is -2.55. The number of carbonyl (C=O) groups excluding carboxylic acids is 1. The number of nitrogens with one attached hydrogen (secondary N) is 1. The summed E-state index contributed by atoms with van der Waals surface area (Å²) < 4.78 is 27.2. The molecule has 1 heterocycles. The maximum absolute atomic E-state index is 12.9. The fourth-order valence-electron chi connectivity index (χ4n) is 7.17. The van der Waals surface area contributed by atoms with Crippen molar-refractivity contribution in [1.82, 2.24) is 9.62 Å². The highest BCUT2D eigenvalue weighted by atomic mass is 32.2. The van der Waals surface area contributed by atoms with E-state index in [0.717, 1.165) is 37.0 Å². The monoisotopic (exact) mass is 430 g/mol. The van der Waals surface area contributed by atoms with Gasteiger partial charge in [-0.2, -0.15) is 4.31 Å². The van der Waals surface area contributed by atoms with Gasteiger partial charge in [0.25, 0.3) is 5.91 Å². The largest absolute Gasteiger partial charge is 0.349 e. The number of amides is 1. The van der Waals surface area contributed by atoms with Crippen LogP contribution in [-0.2, 0) is 10.0 Å². The van der Waals surface area contributed by atoms with Crippen molar-refractivity contribution in [3.05, 3.63) is 29.8 Å². The lowest BCUT2D eigenvalue weighted by molar-refractivity contribution is -0.0688. The molecule has 4 aliphatic carbocycles. The number of benzene rings is 1. The molecule has 1 amide bonds. The Hall–Kier alpha value is -1.40. The molecule has 164 valence electrons. The van der Waals surface area contributed by atoms with Crippen LogP contribution in [0.3, 0.4) is 0 Å². The Morgan fingerprint density at radius 2 is 1.50 bits per heavy atom. The molecule has 30 heavy (non-hydrogen) atoms. The molecule has 1 aliphatic heterocycles. The highest BCUT2D eigenvalue weighted by Crippen LogP contribution is 2.61. The van der Waals surface area contributed by atoms with Crippen molar-refractivity contribution in [2.45, 2.75) is 75.6 Å². The van der Waals surface area contributed by atoms with Gasteiger partial charge in [-0.25, -0.2) is 8.42 Å². The van der Waals surface area contributed by atoms with Crippen LogP contribution in [0.15, 0.2) is 29.2 Å². The summed E-state index contributed by atoms with van der Waals surface area (Å²) in [7, 11) is -3.46. The second-order valence-electron chi connectivity index (χ2n) is 10.5. The first-order chi connectivity index (χ1) is 14.4. The molecule has 0 aromatic heterocycles. The molecule has 5 fully saturated rings. The van der Waals surface area contributed by atoms with Gasteiger partial charge in [0.15, 0.2) is 0 Å². The van der Waals surface area contributed by atoms with Crippen LogP contribution in [0.4, 0.5) is 0 Å². The third-order valence-electron chi connectivity index (χ3n) is 8.42. The van der Waals surface area contributed by atoms with Crippen molar-refractivity contribution >= 4 is 15.9 Å². The van der Waals surface area contributed by atoms with Crippen LogP contribution in [0.2, 0.25) is 0 Å². The third-order valence-corrected chi connectivity index (χ3v) is 10.3. The molecule has 0 radical (unpaired) electrons. The maximum atomic E-state index is 12.9. The van der Waals surface area contributed by atoms with Crippen LogP contribution in [-0.4, -0.2) is 37.8 Å². The lowest BCUT2D eigenvalue weighted by atomic mass is 9.48. The van der Waals surface area contributed by atoms with Crippen LogP contribution in [0, 0.1) is 23.2 Å². The molecule has 6 rings (SSSR count). The molecule has 5 nitrogen and oxygen atoms in total. The van der Waals surface area contributed by atoms with Crippen molar-refractivity contribution in [3.8, 4) is 0 Å². The number of sulfonamides is 1. The lowest BCUT2D eigenvalue weighted by Gasteiger charge is -2.59. The number of piperidine rings is 1. The van der Waals surface area contributed by atoms with Crippen molar-refractivity contribution in [3.63, 3.8) is 0 Å². The minimum Gasteiger partial charge on any atom is -0.349 e. The first-order valence-corrected chi connectivity index (χ1v) is 13.2. The Labute approximate surface area is 180 Å². The van der Waals surface area contributed by atoms with Crippen molar-refractivity contribution in [1.29, 1.82) is 0 Å². The van der Waals surface area contributed by atoms with Gasteiger partial charge in [-0.15, -0.1) is 0 Å². The van der Waals surface area contributed by atoms with E-state index in [4.69, 9.17) is 0 Å². The molecular weight excluding hydrogens is 396 g/mol. The van der Waals surface area contributed by atoms with E-state index in [1.807, 2.05) is 0 Å². The van der Waals surface area contributed by atoms with E-state index in [2.05, 4.69) is 12.2 Å². The van der Waals surface area contributed by atoms with Gasteiger partial charge in [0, 0.05) is 24.7 Å². The third kappa shape index (κ3) is 3.60. The minimum absolute atomic E-state index is 0.0832. The fourth-order valence-corrected chi connectivity index (χ4v) is 8.69. The summed E-state index contributed by atoms with van der Waals surface area (Å²) in [5.41, 5.74) is 0.811. The summed E-state index contributed by atoms with van der Waals surface area (Å²) in [5.74, 6) is 2.49. The molecule has 1 N–H and O–H groups in total. The summed E-state index contributed by atoms with van der Waals surface area (Å²) >= 11 is 0. The summed E-state index contributed by atoms with van der Waals surface area (Å²) in [6.45, 7) is 3.36. The second kappa shape index (κ2) is 7.63. The predicted octanol–water partition coefficient (Wildman–Crippen LogP) is 4.20. The second-order valence-corrected chi connectivity index (χ2v) is 12.4. The quantitative estimate of drug-likeness (QED) is 0.761. The van der Waals surface area contributed by atoms with E-state index in [1.165, 1.54) is 38.5 Å². The molecular formula is C24H34N2O3S. The zero-order valence-electron chi connectivity index (χ0n) is 18.0. The fraction of sp³-hybridized carbons (Fsp3) is 0.708. The van der Waals surface area contributed by atoms with Crippen molar-refractivity contribution < 1.29 is 13.2 Å². The van der Waals surface area contributed by atoms with Gasteiger partial charge in [0.05, 0.1) is 4.90 Å². The number of hydrogen-bond donors (Lipinski definition) is 1. The predicted molar refractivity (Wildman–Crippen MR) is 117 cm³/mol. The first-order valence-electron chi connectivity index (χ1n) is 11.8. The van der Waals surface area contributed by atoms with Crippen LogP contribution in [0.1, 0.15) is 75.1 Å². The normalized spacial score (nSPS) is 34.6. The Balaban J connectivity index is 1.27. The summed E-state index contributed by atoms with van der Waals surface area (Å²) in [6, 6.07) is 6.68. The van der Waals surface area contributed by atoms with Crippen LogP contribution >= 0.6 is 0 Å². The van der Waals surface area contributed by atoms with Crippen LogP contribution < -0.4 is 5.32 Å². The van der Waals surface area contributed by atoms with Gasteiger partial charge in [0.1, 0.15) is 0 Å². The highest BCUT2D eigenvalue weighted by Gasteiger charge is 2.53. The summed E-state index contributed by atoms with van der Waals surface area (Å²) in [6.07, 6.45) is 10.9. The van der Waals surface area contributed by atoms with E-state index in [1.54, 1.807) is 28.6 Å². The molecule has 1 aromatic carbocycles. The van der Waals surface area contributed by atoms with Crippen molar-refractivity contribution in [2.75, 3.05) is 13.1 Å². The molecule has 1 atom stereocenters. The number of nitrogens with zero attached hydrogens (tertiary/aromatic N) is 1. The first kappa shape index (κ1) is 20.5. The number of hydrogen-bond acceptors (Lipinski definition) is 3. The van der Waals surface area contributed by atoms with Crippen LogP contribution in [0.5, 0.6) is 0 Å². The molecule has 1 unspecified atom stereocenters. The van der Waals surface area contributed by atoms with E-state index >= 15 is 0 Å². The topological polar surface area (TPSA) is 66.5 Å². The zero-order valence-corrected chi connectivity index (χ0v) is 18.8. The molecule has 1 aromatic rings. The van der Waals surface area contributed by atoms with Gasteiger partial charge >= 0.3 is 0 Å². The Kier molecular flexibility index (Phi) is 5.21. The smallest absolute Gasteiger partial charge is 0.251 e. The van der Waals surface area contributed by atoms with Crippen LogP contribution in [0.25, 0.3) is 0 Å². The van der Waals surface area contributed by atoms with Gasteiger partial charge in [-0.1, -0.05) is 6.42 Å². The SMILES string of the molecule is CC(NC(=O)c1ccc(S(=O)(=O)N2CCCCC2)cc1)C12CC3CC(CC(C3)C1)C2. The average Bonchev–Trinajstić information content (AvgIpc) is 2.73. The van der Waals surface area contributed by atoms with E-state index in [-0.39, 0.29) is 22.3 Å². The molecule has 0 spiro atoms. The minimum atomic E-state index is -3.46. The number of carbonyl (C=O) groups is 1. The summed E-state index contributed by atoms with van der Waals surface area (Å²) in [5, 5.41) is 3.28. The maximum Gasteiger partial charge on any atom is 0.251 e. The van der Waals surface area contributed by atoms with Gasteiger partial charge < -0.3 is 5.32 Å². The average molecular weight is 431 g/mol. The Morgan fingerprint density at radius 3 is 2.03 bits per heavy atom. The zero-order chi connectivity index (χ0) is 20.9. The van der Waals surface area contributed by atoms with E-state index in [0.29, 0.717) is 18.7 Å². The molecule has 6 heteroatoms. The van der Waals surface area contributed by atoms with Gasteiger partial charge in [-0.3, -0.25) is 4.79 Å². The molecule has 5 aliphatic rings. The summed E-state index contributed by atoms with van der Waals surface area (Å²) in [4.78, 5) is 13.2. The molecule has 4 bridgehead atoms. The Bertz CT molecular complexity index is 868.